The molecule has 17 heavy (non-hydrogen) atoms. The van der Waals surface area contributed by atoms with Crippen LogP contribution in [0.2, 0.25) is 0 Å². The maximum absolute atomic E-state index is 8.97. The van der Waals surface area contributed by atoms with Gasteiger partial charge in [0, 0.05) is 11.6 Å². The van der Waals surface area contributed by atoms with E-state index in [9.17, 15) is 0 Å². The summed E-state index contributed by atoms with van der Waals surface area (Å²) in [5.74, 6) is 1.17. The first kappa shape index (κ1) is 13.3. The fourth-order valence-electron chi connectivity index (χ4n) is 1.19. The van der Waals surface area contributed by atoms with Crippen molar-refractivity contribution in [2.45, 2.75) is 25.8 Å². The van der Waals surface area contributed by atoms with Gasteiger partial charge in [0.2, 0.25) is 0 Å². The second-order valence-electron chi connectivity index (χ2n) is 4.27. The first-order valence-electron chi connectivity index (χ1n) is 5.52. The lowest BCUT2D eigenvalue weighted by Gasteiger charge is -2.23. The minimum Gasteiger partial charge on any atom is -0.497 e. The lowest BCUT2D eigenvalue weighted by atomic mass is 10.0. The quantitative estimate of drug-likeness (QED) is 0.846. The molecule has 1 atom stereocenters. The summed E-state index contributed by atoms with van der Waals surface area (Å²) in [6.07, 6.45) is 0.804. The number of rotatable bonds is 5. The topological polar surface area (TPSA) is 68.3 Å². The Balaban J connectivity index is 2.86. The van der Waals surface area contributed by atoms with Crippen LogP contribution in [0.25, 0.3) is 0 Å². The third kappa shape index (κ3) is 3.65. The summed E-state index contributed by atoms with van der Waals surface area (Å²) in [4.78, 5) is 0. The number of hydrogen-bond acceptors (Lipinski definition) is 4. The van der Waals surface area contributed by atoms with E-state index in [1.165, 1.54) is 0 Å². The molecule has 2 N–H and O–H groups in total. The van der Waals surface area contributed by atoms with E-state index in [1.807, 2.05) is 13.8 Å². The molecule has 1 aromatic carbocycles. The van der Waals surface area contributed by atoms with Crippen molar-refractivity contribution in [2.24, 2.45) is 5.73 Å². The Morgan fingerprint density at radius 2 is 2.18 bits per heavy atom. The standard InChI is InChI=1S/C13H18N2O2/c1-4-13(2,15)9-17-12-7-11(16-3)6-5-10(12)8-14/h5-7H,4,9,15H2,1-3H3. The molecule has 0 fully saturated rings. The van der Waals surface area contributed by atoms with Crippen molar-refractivity contribution in [3.8, 4) is 17.6 Å². The number of benzene rings is 1. The maximum Gasteiger partial charge on any atom is 0.140 e. The summed E-state index contributed by atoms with van der Waals surface area (Å²) < 4.78 is 10.7. The van der Waals surface area contributed by atoms with Gasteiger partial charge in [-0.05, 0) is 25.5 Å². The summed E-state index contributed by atoms with van der Waals surface area (Å²) in [7, 11) is 1.57. The first-order chi connectivity index (χ1) is 8.02. The normalized spacial score (nSPS) is 13.6. The molecule has 92 valence electrons. The number of ether oxygens (including phenoxy) is 2. The smallest absolute Gasteiger partial charge is 0.140 e. The number of nitriles is 1. The molecule has 0 saturated carbocycles. The van der Waals surface area contributed by atoms with E-state index in [-0.39, 0.29) is 0 Å². The molecule has 0 aliphatic rings. The fourth-order valence-corrected chi connectivity index (χ4v) is 1.19. The van der Waals surface area contributed by atoms with Gasteiger partial charge in [-0.3, -0.25) is 0 Å². The van der Waals surface area contributed by atoms with Crippen molar-refractivity contribution in [3.63, 3.8) is 0 Å². The van der Waals surface area contributed by atoms with Gasteiger partial charge in [-0.1, -0.05) is 6.92 Å². The summed E-state index contributed by atoms with van der Waals surface area (Å²) >= 11 is 0. The Kier molecular flexibility index (Phi) is 4.36. The molecule has 0 heterocycles. The number of nitrogens with zero attached hydrogens (tertiary/aromatic N) is 1. The van der Waals surface area contributed by atoms with Crippen LogP contribution in [0.1, 0.15) is 25.8 Å². The fraction of sp³-hybridized carbons (Fsp3) is 0.462. The monoisotopic (exact) mass is 234 g/mol. The van der Waals surface area contributed by atoms with Crippen LogP contribution in [0.5, 0.6) is 11.5 Å². The van der Waals surface area contributed by atoms with Gasteiger partial charge in [-0.25, -0.2) is 0 Å². The minimum atomic E-state index is -0.393. The Morgan fingerprint density at radius 1 is 1.47 bits per heavy atom. The van der Waals surface area contributed by atoms with Crippen LogP contribution >= 0.6 is 0 Å². The highest BCUT2D eigenvalue weighted by molar-refractivity contribution is 5.47. The SMILES string of the molecule is CCC(C)(N)COc1cc(OC)ccc1C#N. The average Bonchev–Trinajstić information content (AvgIpc) is 2.36. The van der Waals surface area contributed by atoms with Crippen LogP contribution in [0.15, 0.2) is 18.2 Å². The number of nitrogens with two attached hydrogens (primary N) is 1. The number of methoxy groups -OCH3 is 1. The van der Waals surface area contributed by atoms with E-state index in [1.54, 1.807) is 25.3 Å². The van der Waals surface area contributed by atoms with Crippen molar-refractivity contribution in [3.05, 3.63) is 23.8 Å². The van der Waals surface area contributed by atoms with Crippen molar-refractivity contribution < 1.29 is 9.47 Å². The van der Waals surface area contributed by atoms with E-state index in [2.05, 4.69) is 6.07 Å². The molecule has 0 amide bonds. The lowest BCUT2D eigenvalue weighted by molar-refractivity contribution is 0.224. The molecular weight excluding hydrogens is 216 g/mol. The van der Waals surface area contributed by atoms with Gasteiger partial charge in [0.05, 0.1) is 12.7 Å². The molecule has 0 radical (unpaired) electrons. The third-order valence-electron chi connectivity index (χ3n) is 2.67. The van der Waals surface area contributed by atoms with Gasteiger partial charge in [0.1, 0.15) is 24.2 Å². The van der Waals surface area contributed by atoms with E-state index in [0.29, 0.717) is 23.7 Å². The van der Waals surface area contributed by atoms with Crippen LogP contribution in [0.4, 0.5) is 0 Å². The highest BCUT2D eigenvalue weighted by atomic mass is 16.5. The van der Waals surface area contributed by atoms with E-state index >= 15 is 0 Å². The first-order valence-corrected chi connectivity index (χ1v) is 5.52. The molecule has 0 aromatic heterocycles. The van der Waals surface area contributed by atoms with Gasteiger partial charge in [0.15, 0.2) is 0 Å². The zero-order valence-electron chi connectivity index (χ0n) is 10.5. The largest absolute Gasteiger partial charge is 0.497 e. The molecule has 1 rings (SSSR count). The van der Waals surface area contributed by atoms with Gasteiger partial charge in [0.25, 0.3) is 0 Å². The van der Waals surface area contributed by atoms with Gasteiger partial charge < -0.3 is 15.2 Å². The summed E-state index contributed by atoms with van der Waals surface area (Å²) in [5, 5.41) is 8.97. The third-order valence-corrected chi connectivity index (χ3v) is 2.67. The van der Waals surface area contributed by atoms with E-state index < -0.39 is 5.54 Å². The van der Waals surface area contributed by atoms with Gasteiger partial charge in [-0.2, -0.15) is 5.26 Å². The lowest BCUT2D eigenvalue weighted by Crippen LogP contribution is -2.41. The molecule has 0 bridgehead atoms. The zero-order chi connectivity index (χ0) is 12.9. The second kappa shape index (κ2) is 5.55. The molecule has 4 nitrogen and oxygen atoms in total. The summed E-state index contributed by atoms with van der Waals surface area (Å²) in [6, 6.07) is 7.18. The molecule has 0 aliphatic carbocycles. The molecular formula is C13H18N2O2. The Labute approximate surface area is 102 Å². The van der Waals surface area contributed by atoms with Crippen molar-refractivity contribution in [1.82, 2.24) is 0 Å². The predicted octanol–water partition coefficient (Wildman–Crippen LogP) is 2.07. The summed E-state index contributed by atoms with van der Waals surface area (Å²) in [6.45, 7) is 4.28. The van der Waals surface area contributed by atoms with Crippen LogP contribution in [0.3, 0.4) is 0 Å². The molecule has 4 heteroatoms. The van der Waals surface area contributed by atoms with Crippen LogP contribution in [-0.4, -0.2) is 19.3 Å². The minimum absolute atomic E-state index is 0.366. The highest BCUT2D eigenvalue weighted by Crippen LogP contribution is 2.25. The molecule has 0 aliphatic heterocycles. The Bertz CT molecular complexity index is 422. The van der Waals surface area contributed by atoms with Crippen molar-refractivity contribution in [1.29, 1.82) is 5.26 Å². The molecule has 1 unspecified atom stereocenters. The Hall–Kier alpha value is -1.73. The number of hydrogen-bond donors (Lipinski definition) is 1. The Morgan fingerprint density at radius 3 is 2.71 bits per heavy atom. The van der Waals surface area contributed by atoms with Crippen LogP contribution < -0.4 is 15.2 Å². The highest BCUT2D eigenvalue weighted by Gasteiger charge is 2.17. The van der Waals surface area contributed by atoms with Gasteiger partial charge >= 0.3 is 0 Å². The van der Waals surface area contributed by atoms with Crippen LogP contribution in [-0.2, 0) is 0 Å². The summed E-state index contributed by atoms with van der Waals surface area (Å²) in [5.41, 5.74) is 6.08. The zero-order valence-corrected chi connectivity index (χ0v) is 10.5. The predicted molar refractivity (Wildman–Crippen MR) is 66.1 cm³/mol. The van der Waals surface area contributed by atoms with Crippen LogP contribution in [0, 0.1) is 11.3 Å². The molecule has 1 aromatic rings. The van der Waals surface area contributed by atoms with E-state index in [4.69, 9.17) is 20.5 Å². The van der Waals surface area contributed by atoms with Gasteiger partial charge in [-0.15, -0.1) is 0 Å². The molecule has 0 saturated heterocycles. The maximum atomic E-state index is 8.97. The second-order valence-corrected chi connectivity index (χ2v) is 4.27. The van der Waals surface area contributed by atoms with E-state index in [0.717, 1.165) is 6.42 Å². The average molecular weight is 234 g/mol. The molecule has 0 spiro atoms. The van der Waals surface area contributed by atoms with Crippen molar-refractivity contribution in [2.75, 3.05) is 13.7 Å². The van der Waals surface area contributed by atoms with Crippen molar-refractivity contribution >= 4 is 0 Å².